The number of unbranched alkanes of at least 4 members (excludes halogenated alkanes) is 35. The summed E-state index contributed by atoms with van der Waals surface area (Å²) in [5.74, 6) is -0.884. The quantitative estimate of drug-likeness (QED) is 0.0262. The Bertz CT molecular complexity index is 1090. The first-order valence-electron chi connectivity index (χ1n) is 28.5. The SMILES string of the molecule is CCC/C=C\C/C=C\CCCCCCCC(=O)OCC(COC(=O)CCCCCCCCCCCCCCCCCCCC)OC(=O)CCCCCCC/C=C\CCCCCCCCC. The zero-order chi connectivity index (χ0) is 47.2. The van der Waals surface area contributed by atoms with Gasteiger partial charge in [0.1, 0.15) is 13.2 Å². The Labute approximate surface area is 404 Å². The van der Waals surface area contributed by atoms with E-state index in [-0.39, 0.29) is 31.1 Å². The summed E-state index contributed by atoms with van der Waals surface area (Å²) in [7, 11) is 0. The highest BCUT2D eigenvalue weighted by atomic mass is 16.6. The molecule has 65 heavy (non-hydrogen) atoms. The van der Waals surface area contributed by atoms with Gasteiger partial charge in [0.2, 0.25) is 0 Å². The molecule has 0 aromatic carbocycles. The second kappa shape index (κ2) is 54.2. The van der Waals surface area contributed by atoms with Crippen molar-refractivity contribution < 1.29 is 28.6 Å². The molecule has 6 nitrogen and oxygen atoms in total. The lowest BCUT2D eigenvalue weighted by Gasteiger charge is -2.18. The summed E-state index contributed by atoms with van der Waals surface area (Å²) in [5.41, 5.74) is 0. The largest absolute Gasteiger partial charge is 0.462 e. The highest BCUT2D eigenvalue weighted by molar-refractivity contribution is 5.71. The summed E-state index contributed by atoms with van der Waals surface area (Å²) in [4.78, 5) is 38.1. The van der Waals surface area contributed by atoms with Crippen LogP contribution >= 0.6 is 0 Å². The van der Waals surface area contributed by atoms with E-state index in [1.165, 1.54) is 173 Å². The van der Waals surface area contributed by atoms with Crippen LogP contribution in [0.2, 0.25) is 0 Å². The van der Waals surface area contributed by atoms with Crippen LogP contribution in [0.25, 0.3) is 0 Å². The predicted molar refractivity (Wildman–Crippen MR) is 279 cm³/mol. The molecule has 0 radical (unpaired) electrons. The van der Waals surface area contributed by atoms with Crippen molar-refractivity contribution in [2.75, 3.05) is 13.2 Å². The van der Waals surface area contributed by atoms with E-state index in [1.54, 1.807) is 0 Å². The summed E-state index contributed by atoms with van der Waals surface area (Å²) in [6.45, 7) is 6.59. The average Bonchev–Trinajstić information content (AvgIpc) is 3.30. The van der Waals surface area contributed by atoms with Gasteiger partial charge in [0, 0.05) is 19.3 Å². The van der Waals surface area contributed by atoms with Crippen molar-refractivity contribution in [3.8, 4) is 0 Å². The van der Waals surface area contributed by atoms with Gasteiger partial charge < -0.3 is 14.2 Å². The zero-order valence-electron chi connectivity index (χ0n) is 43.5. The first-order chi connectivity index (χ1) is 32.0. The Morgan fingerprint density at radius 3 is 0.923 bits per heavy atom. The molecular formula is C59H108O6. The van der Waals surface area contributed by atoms with Crippen LogP contribution < -0.4 is 0 Å². The van der Waals surface area contributed by atoms with E-state index in [4.69, 9.17) is 14.2 Å². The maximum Gasteiger partial charge on any atom is 0.306 e. The van der Waals surface area contributed by atoms with Gasteiger partial charge in [-0.1, -0.05) is 250 Å². The second-order valence-corrected chi connectivity index (χ2v) is 19.2. The van der Waals surface area contributed by atoms with Gasteiger partial charge in [0.25, 0.3) is 0 Å². The van der Waals surface area contributed by atoms with Crippen molar-refractivity contribution in [1.82, 2.24) is 0 Å². The van der Waals surface area contributed by atoms with Gasteiger partial charge in [-0.2, -0.15) is 0 Å². The normalized spacial score (nSPS) is 12.2. The minimum Gasteiger partial charge on any atom is -0.462 e. The molecule has 0 saturated heterocycles. The van der Waals surface area contributed by atoms with E-state index >= 15 is 0 Å². The number of allylic oxidation sites excluding steroid dienone is 6. The number of esters is 3. The third kappa shape index (κ3) is 52.5. The van der Waals surface area contributed by atoms with Crippen LogP contribution in [0.4, 0.5) is 0 Å². The third-order valence-corrected chi connectivity index (χ3v) is 12.6. The van der Waals surface area contributed by atoms with Crippen LogP contribution in [0.1, 0.15) is 303 Å². The van der Waals surface area contributed by atoms with Crippen LogP contribution in [-0.4, -0.2) is 37.2 Å². The number of hydrogen-bond donors (Lipinski definition) is 0. The molecule has 0 aliphatic carbocycles. The van der Waals surface area contributed by atoms with Gasteiger partial charge >= 0.3 is 17.9 Å². The number of rotatable bonds is 52. The van der Waals surface area contributed by atoms with E-state index in [2.05, 4.69) is 57.2 Å². The van der Waals surface area contributed by atoms with Crippen LogP contribution in [0, 0.1) is 0 Å². The Morgan fingerprint density at radius 1 is 0.308 bits per heavy atom. The van der Waals surface area contributed by atoms with Crippen LogP contribution in [0.3, 0.4) is 0 Å². The van der Waals surface area contributed by atoms with Crippen molar-refractivity contribution in [1.29, 1.82) is 0 Å². The highest BCUT2D eigenvalue weighted by Crippen LogP contribution is 2.16. The molecule has 0 N–H and O–H groups in total. The smallest absolute Gasteiger partial charge is 0.306 e. The fraction of sp³-hybridized carbons (Fsp3) is 0.847. The lowest BCUT2D eigenvalue weighted by molar-refractivity contribution is -0.167. The maximum atomic E-state index is 12.8. The molecule has 0 aliphatic rings. The lowest BCUT2D eigenvalue weighted by atomic mass is 10.0. The number of ether oxygens (including phenoxy) is 3. The van der Waals surface area contributed by atoms with Crippen LogP contribution in [0.5, 0.6) is 0 Å². The van der Waals surface area contributed by atoms with Crippen molar-refractivity contribution in [3.05, 3.63) is 36.5 Å². The van der Waals surface area contributed by atoms with Crippen molar-refractivity contribution >= 4 is 17.9 Å². The molecule has 0 saturated carbocycles. The fourth-order valence-electron chi connectivity index (χ4n) is 8.30. The van der Waals surface area contributed by atoms with Gasteiger partial charge in [0.15, 0.2) is 6.10 Å². The minimum atomic E-state index is -0.779. The topological polar surface area (TPSA) is 78.9 Å². The molecule has 0 aromatic heterocycles. The molecular weight excluding hydrogens is 805 g/mol. The Kier molecular flexibility index (Phi) is 52.3. The Morgan fingerprint density at radius 2 is 0.585 bits per heavy atom. The van der Waals surface area contributed by atoms with Gasteiger partial charge in [-0.25, -0.2) is 0 Å². The van der Waals surface area contributed by atoms with E-state index in [1.807, 2.05) is 0 Å². The van der Waals surface area contributed by atoms with Crippen molar-refractivity contribution in [2.45, 2.75) is 309 Å². The monoisotopic (exact) mass is 913 g/mol. The Balaban J connectivity index is 4.34. The number of hydrogen-bond acceptors (Lipinski definition) is 6. The van der Waals surface area contributed by atoms with Crippen molar-refractivity contribution in [2.24, 2.45) is 0 Å². The minimum absolute atomic E-state index is 0.0765. The third-order valence-electron chi connectivity index (χ3n) is 12.6. The molecule has 0 spiro atoms. The van der Waals surface area contributed by atoms with E-state index in [9.17, 15) is 14.4 Å². The maximum absolute atomic E-state index is 12.8. The number of carbonyl (C=O) groups excluding carboxylic acids is 3. The van der Waals surface area contributed by atoms with Gasteiger partial charge in [-0.15, -0.1) is 0 Å². The molecule has 6 heteroatoms. The molecule has 0 rings (SSSR count). The summed E-state index contributed by atoms with van der Waals surface area (Å²) in [5, 5.41) is 0. The molecule has 1 atom stereocenters. The summed E-state index contributed by atoms with van der Waals surface area (Å²) in [6, 6.07) is 0. The van der Waals surface area contributed by atoms with Gasteiger partial charge in [-0.05, 0) is 70.6 Å². The van der Waals surface area contributed by atoms with Crippen LogP contribution in [-0.2, 0) is 28.6 Å². The van der Waals surface area contributed by atoms with Gasteiger partial charge in [0.05, 0.1) is 0 Å². The molecule has 0 fully saturated rings. The number of carbonyl (C=O) groups is 3. The summed E-state index contributed by atoms with van der Waals surface area (Å²) in [6.07, 6.45) is 64.2. The summed E-state index contributed by atoms with van der Waals surface area (Å²) >= 11 is 0. The molecule has 0 bridgehead atoms. The molecule has 0 heterocycles. The molecule has 0 amide bonds. The van der Waals surface area contributed by atoms with Crippen molar-refractivity contribution in [3.63, 3.8) is 0 Å². The predicted octanol–water partition coefficient (Wildman–Crippen LogP) is 18.9. The van der Waals surface area contributed by atoms with Crippen LogP contribution in [0.15, 0.2) is 36.5 Å². The molecule has 380 valence electrons. The molecule has 0 aromatic rings. The molecule has 0 aliphatic heterocycles. The van der Waals surface area contributed by atoms with E-state index in [0.717, 1.165) is 89.9 Å². The van der Waals surface area contributed by atoms with E-state index in [0.29, 0.717) is 19.3 Å². The zero-order valence-corrected chi connectivity index (χ0v) is 43.5. The summed E-state index contributed by atoms with van der Waals surface area (Å²) < 4.78 is 16.8. The Hall–Kier alpha value is -2.37. The fourth-order valence-corrected chi connectivity index (χ4v) is 8.30. The standard InChI is InChI=1S/C59H108O6/c1-4-7-10-13-16-19-22-25-27-29-30-32-34-37-40-43-46-49-52-58(61)64-55-56(54-63-57(60)51-48-45-42-39-36-33-24-21-18-15-12-9-6-3)65-59(62)53-50-47-44-41-38-35-31-28-26-23-20-17-14-11-8-5-2/h12,15,21,24,28,31,56H,4-11,13-14,16-20,22-23,25-27,29-30,32-55H2,1-3H3/b15-12-,24-21-,31-28-. The second-order valence-electron chi connectivity index (χ2n) is 19.2. The van der Waals surface area contributed by atoms with Gasteiger partial charge in [-0.3, -0.25) is 14.4 Å². The van der Waals surface area contributed by atoms with E-state index < -0.39 is 6.10 Å². The first-order valence-corrected chi connectivity index (χ1v) is 28.5. The lowest BCUT2D eigenvalue weighted by Crippen LogP contribution is -2.30. The average molecular weight is 914 g/mol. The first kappa shape index (κ1) is 62.6. The molecule has 1 unspecified atom stereocenters. The highest BCUT2D eigenvalue weighted by Gasteiger charge is 2.19.